The first-order chi connectivity index (χ1) is 9.71. The van der Waals surface area contributed by atoms with Gasteiger partial charge in [0.1, 0.15) is 11.4 Å². The van der Waals surface area contributed by atoms with E-state index in [-0.39, 0.29) is 6.04 Å². The molecule has 0 saturated heterocycles. The van der Waals surface area contributed by atoms with Crippen molar-refractivity contribution >= 4 is 15.9 Å². The molecule has 2 aromatic rings. The number of hydrogen-bond donors (Lipinski definition) is 1. The van der Waals surface area contributed by atoms with Gasteiger partial charge in [-0.15, -0.1) is 0 Å². The number of benzene rings is 1. The lowest BCUT2D eigenvalue weighted by molar-refractivity contribution is 0.384. The van der Waals surface area contributed by atoms with Crippen molar-refractivity contribution in [3.05, 3.63) is 46.3 Å². The zero-order chi connectivity index (χ0) is 14.5. The Hall–Kier alpha value is -1.66. The molecule has 5 nitrogen and oxygen atoms in total. The summed E-state index contributed by atoms with van der Waals surface area (Å²) in [7, 11) is 5.10. The summed E-state index contributed by atoms with van der Waals surface area (Å²) in [5.74, 6) is 1.30. The van der Waals surface area contributed by atoms with E-state index in [2.05, 4.69) is 31.2 Å². The Kier molecular flexibility index (Phi) is 4.92. The van der Waals surface area contributed by atoms with Gasteiger partial charge in [-0.25, -0.2) is 4.98 Å². The van der Waals surface area contributed by atoms with Crippen molar-refractivity contribution in [1.82, 2.24) is 15.3 Å². The number of hydrogen-bond acceptors (Lipinski definition) is 5. The fraction of sp³-hybridized carbons (Fsp3) is 0.286. The Morgan fingerprint density at radius 3 is 2.50 bits per heavy atom. The van der Waals surface area contributed by atoms with E-state index in [1.54, 1.807) is 26.6 Å². The predicted molar refractivity (Wildman–Crippen MR) is 80.2 cm³/mol. The van der Waals surface area contributed by atoms with E-state index in [0.29, 0.717) is 5.88 Å². The minimum atomic E-state index is -0.110. The summed E-state index contributed by atoms with van der Waals surface area (Å²) in [5.41, 5.74) is 1.79. The Bertz CT molecular complexity index is 592. The lowest BCUT2D eigenvalue weighted by atomic mass is 10.0. The Morgan fingerprint density at radius 1 is 1.15 bits per heavy atom. The molecular formula is C14H16BrN3O2. The molecule has 0 spiro atoms. The van der Waals surface area contributed by atoms with Gasteiger partial charge in [-0.3, -0.25) is 4.98 Å². The summed E-state index contributed by atoms with van der Waals surface area (Å²) in [6.45, 7) is 0. The highest BCUT2D eigenvalue weighted by molar-refractivity contribution is 9.10. The molecule has 0 amide bonds. The Balaban J connectivity index is 2.44. The average molecular weight is 338 g/mol. The quantitative estimate of drug-likeness (QED) is 0.908. The molecule has 1 atom stereocenters. The van der Waals surface area contributed by atoms with Crippen molar-refractivity contribution in [3.8, 4) is 11.6 Å². The molecule has 0 saturated carbocycles. The van der Waals surface area contributed by atoms with Crippen LogP contribution in [0.1, 0.15) is 17.3 Å². The fourth-order valence-electron chi connectivity index (χ4n) is 2.01. The summed E-state index contributed by atoms with van der Waals surface area (Å²) in [4.78, 5) is 8.56. The van der Waals surface area contributed by atoms with Crippen molar-refractivity contribution < 1.29 is 9.47 Å². The Labute approximate surface area is 126 Å². The molecule has 1 unspecified atom stereocenters. The number of nitrogens with zero attached hydrogens (tertiary/aromatic N) is 2. The molecule has 0 radical (unpaired) electrons. The second-order valence-corrected chi connectivity index (χ2v) is 4.92. The average Bonchev–Trinajstić information content (AvgIpc) is 2.49. The van der Waals surface area contributed by atoms with Crippen LogP contribution in [0.5, 0.6) is 11.6 Å². The normalized spacial score (nSPS) is 12.0. The number of methoxy groups -OCH3 is 2. The second-order valence-electron chi connectivity index (χ2n) is 4.07. The highest BCUT2D eigenvalue weighted by Crippen LogP contribution is 2.31. The van der Waals surface area contributed by atoms with E-state index >= 15 is 0 Å². The molecule has 1 aromatic heterocycles. The van der Waals surface area contributed by atoms with E-state index in [9.17, 15) is 0 Å². The molecule has 1 N–H and O–H groups in total. The first-order valence-electron chi connectivity index (χ1n) is 6.06. The highest BCUT2D eigenvalue weighted by atomic mass is 79.9. The van der Waals surface area contributed by atoms with E-state index in [0.717, 1.165) is 21.5 Å². The molecule has 0 aliphatic heterocycles. The van der Waals surface area contributed by atoms with Crippen molar-refractivity contribution in [1.29, 1.82) is 0 Å². The molecule has 1 heterocycles. The number of nitrogens with one attached hydrogen (secondary N) is 1. The molecular weight excluding hydrogens is 322 g/mol. The molecule has 0 bridgehead atoms. The summed E-state index contributed by atoms with van der Waals surface area (Å²) in [6.07, 6.45) is 3.26. The number of rotatable bonds is 5. The van der Waals surface area contributed by atoms with Crippen molar-refractivity contribution in [3.63, 3.8) is 0 Å². The molecule has 0 aliphatic rings. The molecule has 1 aromatic carbocycles. The first-order valence-corrected chi connectivity index (χ1v) is 6.86. The van der Waals surface area contributed by atoms with Crippen LogP contribution in [-0.2, 0) is 0 Å². The third kappa shape index (κ3) is 2.91. The van der Waals surface area contributed by atoms with Gasteiger partial charge in [-0.1, -0.05) is 6.07 Å². The van der Waals surface area contributed by atoms with Gasteiger partial charge in [0.05, 0.1) is 24.7 Å². The topological polar surface area (TPSA) is 56.3 Å². The maximum atomic E-state index is 5.27. The molecule has 0 aliphatic carbocycles. The lowest BCUT2D eigenvalue weighted by Crippen LogP contribution is -2.20. The van der Waals surface area contributed by atoms with Crippen molar-refractivity contribution in [2.24, 2.45) is 0 Å². The lowest BCUT2D eigenvalue weighted by Gasteiger charge is -2.18. The fourth-order valence-corrected chi connectivity index (χ4v) is 2.57. The smallest absolute Gasteiger partial charge is 0.237 e. The third-order valence-corrected chi connectivity index (χ3v) is 3.58. The predicted octanol–water partition coefficient (Wildman–Crippen LogP) is 2.57. The minimum Gasteiger partial charge on any atom is -0.496 e. The van der Waals surface area contributed by atoms with Gasteiger partial charge >= 0.3 is 0 Å². The van der Waals surface area contributed by atoms with Crippen LogP contribution in [0, 0.1) is 0 Å². The molecule has 0 fully saturated rings. The summed E-state index contributed by atoms with van der Waals surface area (Å²) >= 11 is 3.49. The SMILES string of the molecule is CNC(c1ccc(OC)c(Br)c1)c1nccnc1OC. The van der Waals surface area contributed by atoms with Gasteiger partial charge in [0.2, 0.25) is 5.88 Å². The minimum absolute atomic E-state index is 0.110. The zero-order valence-corrected chi connectivity index (χ0v) is 13.1. The van der Waals surface area contributed by atoms with E-state index in [4.69, 9.17) is 9.47 Å². The van der Waals surface area contributed by atoms with Gasteiger partial charge in [0, 0.05) is 12.4 Å². The van der Waals surface area contributed by atoms with Crippen LogP contribution in [0.3, 0.4) is 0 Å². The summed E-state index contributed by atoms with van der Waals surface area (Å²) in [6, 6.07) is 5.78. The first kappa shape index (κ1) is 14.7. The number of aromatic nitrogens is 2. The van der Waals surface area contributed by atoms with Crippen LogP contribution in [0.25, 0.3) is 0 Å². The number of halogens is 1. The van der Waals surface area contributed by atoms with Crippen molar-refractivity contribution in [2.75, 3.05) is 21.3 Å². The van der Waals surface area contributed by atoms with Crippen LogP contribution in [0.2, 0.25) is 0 Å². The molecule has 6 heteroatoms. The van der Waals surface area contributed by atoms with E-state index in [1.165, 1.54) is 0 Å². The number of ether oxygens (including phenoxy) is 2. The van der Waals surface area contributed by atoms with Gasteiger partial charge in [0.15, 0.2) is 0 Å². The molecule has 106 valence electrons. The zero-order valence-electron chi connectivity index (χ0n) is 11.6. The van der Waals surface area contributed by atoms with Gasteiger partial charge in [0.25, 0.3) is 0 Å². The largest absolute Gasteiger partial charge is 0.496 e. The standard InChI is InChI=1S/C14H16BrN3O2/c1-16-12(13-14(20-3)18-7-6-17-13)9-4-5-11(19-2)10(15)8-9/h4-8,12,16H,1-3H3. The maximum Gasteiger partial charge on any atom is 0.237 e. The van der Waals surface area contributed by atoms with Crippen LogP contribution in [-0.4, -0.2) is 31.2 Å². The highest BCUT2D eigenvalue weighted by Gasteiger charge is 2.19. The maximum absolute atomic E-state index is 5.27. The Morgan fingerprint density at radius 2 is 1.90 bits per heavy atom. The van der Waals surface area contributed by atoms with Gasteiger partial charge < -0.3 is 14.8 Å². The van der Waals surface area contributed by atoms with Crippen molar-refractivity contribution in [2.45, 2.75) is 6.04 Å². The van der Waals surface area contributed by atoms with Gasteiger partial charge in [-0.2, -0.15) is 0 Å². The summed E-state index contributed by atoms with van der Waals surface area (Å²) in [5, 5.41) is 3.23. The monoisotopic (exact) mass is 337 g/mol. The van der Waals surface area contributed by atoms with Crippen LogP contribution < -0.4 is 14.8 Å². The molecule has 2 rings (SSSR count). The van der Waals surface area contributed by atoms with Crippen LogP contribution in [0.4, 0.5) is 0 Å². The van der Waals surface area contributed by atoms with E-state index < -0.39 is 0 Å². The third-order valence-electron chi connectivity index (χ3n) is 2.96. The second kappa shape index (κ2) is 6.67. The van der Waals surface area contributed by atoms with E-state index in [1.807, 2.05) is 25.2 Å². The van der Waals surface area contributed by atoms with Crippen LogP contribution >= 0.6 is 15.9 Å². The van der Waals surface area contributed by atoms with Gasteiger partial charge in [-0.05, 0) is 40.7 Å². The molecule has 20 heavy (non-hydrogen) atoms. The summed E-state index contributed by atoms with van der Waals surface area (Å²) < 4.78 is 11.4. The van der Waals surface area contributed by atoms with Crippen LogP contribution in [0.15, 0.2) is 35.1 Å².